The molecule has 96 valence electrons. The zero-order chi connectivity index (χ0) is 13.0. The van der Waals surface area contributed by atoms with E-state index in [-0.39, 0.29) is 0 Å². The predicted octanol–water partition coefficient (Wildman–Crippen LogP) is 3.18. The summed E-state index contributed by atoms with van der Waals surface area (Å²) >= 11 is 1.81. The molecule has 0 spiro atoms. The first kappa shape index (κ1) is 12.9. The van der Waals surface area contributed by atoms with Crippen LogP contribution >= 0.6 is 11.3 Å². The SMILES string of the molecule is Cc1cc2cc(OCCN=CN(C)C)ccc2s1. The molecule has 0 aliphatic heterocycles. The van der Waals surface area contributed by atoms with Crippen LogP contribution in [0.3, 0.4) is 0 Å². The normalized spacial score (nSPS) is 11.3. The molecule has 0 saturated carbocycles. The lowest BCUT2D eigenvalue weighted by Gasteiger charge is -2.05. The Balaban J connectivity index is 1.91. The number of fused-ring (bicyclic) bond motifs is 1. The molecule has 1 aromatic heterocycles. The minimum atomic E-state index is 0.610. The van der Waals surface area contributed by atoms with Gasteiger partial charge in [0.2, 0.25) is 0 Å². The summed E-state index contributed by atoms with van der Waals surface area (Å²) in [6, 6.07) is 8.42. The largest absolute Gasteiger partial charge is 0.492 e. The third-order valence-corrected chi connectivity index (χ3v) is 3.44. The fourth-order valence-corrected chi connectivity index (χ4v) is 2.59. The second kappa shape index (κ2) is 5.87. The van der Waals surface area contributed by atoms with Crippen molar-refractivity contribution in [3.63, 3.8) is 0 Å². The fraction of sp³-hybridized carbons (Fsp3) is 0.357. The van der Waals surface area contributed by atoms with Gasteiger partial charge in [0.05, 0.1) is 12.9 Å². The van der Waals surface area contributed by atoms with Crippen molar-refractivity contribution in [3.8, 4) is 5.75 Å². The first-order chi connectivity index (χ1) is 8.65. The molecule has 0 unspecified atom stereocenters. The highest BCUT2D eigenvalue weighted by Gasteiger charge is 2.00. The number of ether oxygens (including phenoxy) is 1. The molecule has 4 heteroatoms. The minimum absolute atomic E-state index is 0.610. The van der Waals surface area contributed by atoms with Gasteiger partial charge in [-0.05, 0) is 36.6 Å². The molecule has 2 aromatic rings. The molecule has 0 radical (unpaired) electrons. The van der Waals surface area contributed by atoms with E-state index in [1.165, 1.54) is 15.0 Å². The van der Waals surface area contributed by atoms with Crippen LogP contribution in [0, 0.1) is 6.92 Å². The highest BCUT2D eigenvalue weighted by Crippen LogP contribution is 2.28. The van der Waals surface area contributed by atoms with E-state index in [4.69, 9.17) is 4.74 Å². The molecule has 0 bridgehead atoms. The van der Waals surface area contributed by atoms with Gasteiger partial charge in [-0.1, -0.05) is 0 Å². The van der Waals surface area contributed by atoms with Crippen LogP contribution in [0.2, 0.25) is 0 Å². The van der Waals surface area contributed by atoms with Crippen LogP contribution in [0.5, 0.6) is 5.75 Å². The van der Waals surface area contributed by atoms with Crippen LogP contribution in [0.4, 0.5) is 0 Å². The summed E-state index contributed by atoms with van der Waals surface area (Å²) < 4.78 is 6.99. The molecule has 0 saturated heterocycles. The summed E-state index contributed by atoms with van der Waals surface area (Å²) in [5, 5.41) is 1.26. The fourth-order valence-electron chi connectivity index (χ4n) is 1.68. The van der Waals surface area contributed by atoms with E-state index >= 15 is 0 Å². The maximum absolute atomic E-state index is 5.68. The van der Waals surface area contributed by atoms with E-state index in [0.717, 1.165) is 5.75 Å². The Kier molecular flexibility index (Phi) is 4.20. The number of benzene rings is 1. The Morgan fingerprint density at radius 1 is 1.33 bits per heavy atom. The maximum Gasteiger partial charge on any atom is 0.120 e. The van der Waals surface area contributed by atoms with Crippen molar-refractivity contribution in [2.45, 2.75) is 6.92 Å². The quantitative estimate of drug-likeness (QED) is 0.470. The summed E-state index contributed by atoms with van der Waals surface area (Å²) in [7, 11) is 3.91. The molecular formula is C14H18N2OS. The Morgan fingerprint density at radius 2 is 2.17 bits per heavy atom. The summed E-state index contributed by atoms with van der Waals surface area (Å²) in [5.41, 5.74) is 0. The zero-order valence-electron chi connectivity index (χ0n) is 11.0. The number of thiophene rings is 1. The van der Waals surface area contributed by atoms with Gasteiger partial charge >= 0.3 is 0 Å². The van der Waals surface area contributed by atoms with Crippen molar-refractivity contribution in [1.29, 1.82) is 0 Å². The average molecular weight is 262 g/mol. The van der Waals surface area contributed by atoms with Crippen molar-refractivity contribution in [3.05, 3.63) is 29.1 Å². The van der Waals surface area contributed by atoms with Gasteiger partial charge in [-0.25, -0.2) is 0 Å². The van der Waals surface area contributed by atoms with E-state index in [0.29, 0.717) is 13.2 Å². The molecule has 0 amide bonds. The van der Waals surface area contributed by atoms with Crippen molar-refractivity contribution in [2.75, 3.05) is 27.2 Å². The summed E-state index contributed by atoms with van der Waals surface area (Å²) in [6.07, 6.45) is 1.80. The second-order valence-electron chi connectivity index (χ2n) is 4.39. The van der Waals surface area contributed by atoms with Crippen LogP contribution in [0.1, 0.15) is 4.88 Å². The highest BCUT2D eigenvalue weighted by molar-refractivity contribution is 7.19. The number of aryl methyl sites for hydroxylation is 1. The first-order valence-corrected chi connectivity index (χ1v) is 6.76. The van der Waals surface area contributed by atoms with E-state index in [1.807, 2.05) is 36.4 Å². The monoisotopic (exact) mass is 262 g/mol. The summed E-state index contributed by atoms with van der Waals surface area (Å²) in [6.45, 7) is 3.42. The average Bonchev–Trinajstić information content (AvgIpc) is 2.67. The van der Waals surface area contributed by atoms with Gasteiger partial charge in [-0.2, -0.15) is 0 Å². The third-order valence-electron chi connectivity index (χ3n) is 2.41. The lowest BCUT2D eigenvalue weighted by Crippen LogP contribution is -2.09. The molecule has 0 fully saturated rings. The molecule has 3 nitrogen and oxygen atoms in total. The number of rotatable bonds is 5. The molecule has 1 heterocycles. The standard InChI is InChI=1S/C14H18N2OS/c1-11-8-12-9-13(4-5-14(12)18-11)17-7-6-15-10-16(2)3/h4-5,8-10H,6-7H2,1-3H3. The molecule has 2 rings (SSSR count). The van der Waals surface area contributed by atoms with E-state index < -0.39 is 0 Å². The van der Waals surface area contributed by atoms with Gasteiger partial charge in [-0.15, -0.1) is 11.3 Å². The minimum Gasteiger partial charge on any atom is -0.492 e. The first-order valence-electron chi connectivity index (χ1n) is 5.94. The van der Waals surface area contributed by atoms with E-state index in [9.17, 15) is 0 Å². The summed E-state index contributed by atoms with van der Waals surface area (Å²) in [4.78, 5) is 7.48. The van der Waals surface area contributed by atoms with Gasteiger partial charge in [0.25, 0.3) is 0 Å². The molecule has 0 atom stereocenters. The Hall–Kier alpha value is -1.55. The number of aliphatic imine (C=N–C) groups is 1. The van der Waals surface area contributed by atoms with E-state index in [1.54, 1.807) is 6.34 Å². The van der Waals surface area contributed by atoms with Gasteiger partial charge < -0.3 is 9.64 Å². The van der Waals surface area contributed by atoms with Gasteiger partial charge in [0.15, 0.2) is 0 Å². The third kappa shape index (κ3) is 3.47. The van der Waals surface area contributed by atoms with Crippen molar-refractivity contribution in [2.24, 2.45) is 4.99 Å². The lowest BCUT2D eigenvalue weighted by atomic mass is 10.2. The van der Waals surface area contributed by atoms with Crippen LogP contribution in [-0.2, 0) is 0 Å². The number of nitrogens with zero attached hydrogens (tertiary/aromatic N) is 2. The van der Waals surface area contributed by atoms with Crippen LogP contribution in [0.15, 0.2) is 29.3 Å². The van der Waals surface area contributed by atoms with Gasteiger partial charge in [-0.3, -0.25) is 4.99 Å². The highest BCUT2D eigenvalue weighted by atomic mass is 32.1. The van der Waals surface area contributed by atoms with Gasteiger partial charge in [0, 0.05) is 23.7 Å². The Labute approximate surface area is 112 Å². The Morgan fingerprint density at radius 3 is 2.94 bits per heavy atom. The topological polar surface area (TPSA) is 24.8 Å². The second-order valence-corrected chi connectivity index (χ2v) is 5.68. The lowest BCUT2D eigenvalue weighted by molar-refractivity contribution is 0.329. The number of hydrogen-bond donors (Lipinski definition) is 0. The van der Waals surface area contributed by atoms with Crippen molar-refractivity contribution in [1.82, 2.24) is 4.90 Å². The molecule has 0 aliphatic carbocycles. The molecule has 0 aliphatic rings. The van der Waals surface area contributed by atoms with Gasteiger partial charge in [0.1, 0.15) is 12.4 Å². The smallest absolute Gasteiger partial charge is 0.120 e. The van der Waals surface area contributed by atoms with E-state index in [2.05, 4.69) is 30.1 Å². The van der Waals surface area contributed by atoms with Crippen LogP contribution < -0.4 is 4.74 Å². The maximum atomic E-state index is 5.68. The molecule has 18 heavy (non-hydrogen) atoms. The van der Waals surface area contributed by atoms with Crippen molar-refractivity contribution >= 4 is 27.8 Å². The number of hydrogen-bond acceptors (Lipinski definition) is 3. The predicted molar refractivity (Wildman–Crippen MR) is 79.1 cm³/mol. The zero-order valence-corrected chi connectivity index (χ0v) is 11.8. The Bertz CT molecular complexity index is 546. The molecular weight excluding hydrogens is 244 g/mol. The molecule has 0 N–H and O–H groups in total. The van der Waals surface area contributed by atoms with Crippen LogP contribution in [-0.4, -0.2) is 38.5 Å². The van der Waals surface area contributed by atoms with Crippen LogP contribution in [0.25, 0.3) is 10.1 Å². The molecule has 1 aromatic carbocycles. The van der Waals surface area contributed by atoms with Crippen molar-refractivity contribution < 1.29 is 4.74 Å². The summed E-state index contributed by atoms with van der Waals surface area (Å²) in [5.74, 6) is 0.917.